The molecule has 160 valence electrons. The molecule has 1 aliphatic rings. The van der Waals surface area contributed by atoms with Crippen LogP contribution in [0.5, 0.6) is 11.5 Å². The van der Waals surface area contributed by atoms with Gasteiger partial charge >= 0.3 is 0 Å². The van der Waals surface area contributed by atoms with Crippen LogP contribution in [0.25, 0.3) is 16.8 Å². The summed E-state index contributed by atoms with van der Waals surface area (Å²) in [7, 11) is -1.65. The number of benzene rings is 2. The molecule has 2 heterocycles. The van der Waals surface area contributed by atoms with E-state index in [-0.39, 0.29) is 12.1 Å². The van der Waals surface area contributed by atoms with E-state index in [1.807, 2.05) is 60.7 Å². The first-order valence-electron chi connectivity index (χ1n) is 9.88. The molecule has 3 aromatic rings. The van der Waals surface area contributed by atoms with Gasteiger partial charge in [-0.15, -0.1) is 0 Å². The lowest BCUT2D eigenvalue weighted by Crippen LogP contribution is -2.34. The second-order valence-corrected chi connectivity index (χ2v) is 9.36. The Morgan fingerprint density at radius 2 is 1.71 bits per heavy atom. The monoisotopic (exact) mass is 437 g/mol. The Labute approximate surface area is 181 Å². The number of nitrogens with zero attached hydrogens (tertiary/aromatic N) is 3. The van der Waals surface area contributed by atoms with Crippen LogP contribution in [0, 0.1) is 0 Å². The molecule has 31 heavy (non-hydrogen) atoms. The number of para-hydroxylation sites is 2. The molecule has 0 unspecified atom stereocenters. The fourth-order valence-electron chi connectivity index (χ4n) is 3.55. The predicted molar refractivity (Wildman–Crippen MR) is 120 cm³/mol. The molecule has 0 aliphatic carbocycles. The van der Waals surface area contributed by atoms with E-state index < -0.39 is 10.0 Å². The van der Waals surface area contributed by atoms with Crippen molar-refractivity contribution < 1.29 is 13.2 Å². The summed E-state index contributed by atoms with van der Waals surface area (Å²) < 4.78 is 32.5. The second-order valence-electron chi connectivity index (χ2n) is 7.38. The topological polar surface area (TPSA) is 81.5 Å². The number of aryl methyl sites for hydroxylation is 1. The molecule has 8 heteroatoms. The average molecular weight is 438 g/mol. The fourth-order valence-corrected chi connectivity index (χ4v) is 4.31. The molecule has 4 rings (SSSR count). The Kier molecular flexibility index (Phi) is 5.75. The first-order chi connectivity index (χ1) is 14.8. The van der Waals surface area contributed by atoms with Crippen LogP contribution in [0.4, 0.5) is 0 Å². The Bertz CT molecular complexity index is 1300. The van der Waals surface area contributed by atoms with E-state index in [2.05, 4.69) is 5.10 Å². The minimum Gasteiger partial charge on any atom is -0.457 e. The van der Waals surface area contributed by atoms with E-state index in [1.165, 1.54) is 15.2 Å². The molecular weight excluding hydrogens is 414 g/mol. The van der Waals surface area contributed by atoms with Crippen molar-refractivity contribution in [1.29, 1.82) is 0 Å². The number of ether oxygens (including phenoxy) is 1. The molecule has 1 aliphatic heterocycles. The van der Waals surface area contributed by atoms with Crippen molar-refractivity contribution >= 4 is 15.6 Å². The molecule has 1 aromatic heterocycles. The van der Waals surface area contributed by atoms with Gasteiger partial charge in [0.25, 0.3) is 5.56 Å². The maximum atomic E-state index is 12.4. The van der Waals surface area contributed by atoms with Gasteiger partial charge < -0.3 is 4.74 Å². The summed E-state index contributed by atoms with van der Waals surface area (Å²) in [5, 5.41) is 4.54. The van der Waals surface area contributed by atoms with Crippen molar-refractivity contribution in [2.24, 2.45) is 7.05 Å². The van der Waals surface area contributed by atoms with Gasteiger partial charge in [-0.1, -0.05) is 36.4 Å². The summed E-state index contributed by atoms with van der Waals surface area (Å²) in [6.07, 6.45) is 3.55. The SMILES string of the molecule is Cn1nc(-c2ccccc2Oc2ccccc2)c(C2=CCN(S(C)(=O)=O)CC2)cc1=O. The third-order valence-corrected chi connectivity index (χ3v) is 6.46. The van der Waals surface area contributed by atoms with E-state index in [0.29, 0.717) is 35.7 Å². The molecule has 0 amide bonds. The van der Waals surface area contributed by atoms with Crippen LogP contribution in [-0.2, 0) is 17.1 Å². The summed E-state index contributed by atoms with van der Waals surface area (Å²) in [6, 6.07) is 18.6. The highest BCUT2D eigenvalue weighted by Crippen LogP contribution is 2.36. The minimum absolute atomic E-state index is 0.230. The Hall–Kier alpha value is -3.23. The number of hydrogen-bond donors (Lipinski definition) is 0. The molecule has 0 atom stereocenters. The highest BCUT2D eigenvalue weighted by molar-refractivity contribution is 7.88. The molecular formula is C23H23N3O4S. The normalized spacial score (nSPS) is 14.8. The molecule has 7 nitrogen and oxygen atoms in total. The lowest BCUT2D eigenvalue weighted by molar-refractivity contribution is 0.446. The van der Waals surface area contributed by atoms with Gasteiger partial charge in [0, 0.05) is 37.3 Å². The summed E-state index contributed by atoms with van der Waals surface area (Å²) in [5.41, 5.74) is 2.73. The van der Waals surface area contributed by atoms with Crippen LogP contribution < -0.4 is 10.3 Å². The maximum Gasteiger partial charge on any atom is 0.267 e. The van der Waals surface area contributed by atoms with Crippen LogP contribution in [0.1, 0.15) is 12.0 Å². The zero-order valence-corrected chi connectivity index (χ0v) is 18.2. The van der Waals surface area contributed by atoms with Gasteiger partial charge in [0.2, 0.25) is 10.0 Å². The van der Waals surface area contributed by atoms with Crippen molar-refractivity contribution in [3.05, 3.63) is 82.7 Å². The van der Waals surface area contributed by atoms with Crippen LogP contribution in [-0.4, -0.2) is 41.8 Å². The van der Waals surface area contributed by atoms with Gasteiger partial charge in [-0.3, -0.25) is 4.79 Å². The summed E-state index contributed by atoms with van der Waals surface area (Å²) in [5.74, 6) is 1.32. The van der Waals surface area contributed by atoms with Crippen LogP contribution >= 0.6 is 0 Å². The molecule has 0 bridgehead atoms. The lowest BCUT2D eigenvalue weighted by Gasteiger charge is -2.25. The summed E-state index contributed by atoms with van der Waals surface area (Å²) in [4.78, 5) is 12.4. The molecule has 0 spiro atoms. The average Bonchev–Trinajstić information content (AvgIpc) is 2.76. The van der Waals surface area contributed by atoms with Gasteiger partial charge in [0.05, 0.1) is 6.26 Å². The van der Waals surface area contributed by atoms with Gasteiger partial charge in [-0.2, -0.15) is 9.40 Å². The van der Waals surface area contributed by atoms with Gasteiger partial charge in [-0.25, -0.2) is 13.1 Å². The van der Waals surface area contributed by atoms with Crippen molar-refractivity contribution in [2.75, 3.05) is 19.3 Å². The standard InChI is InChI=1S/C23H23N3O4S/c1-25-22(27)16-20(17-12-14-26(15-13-17)31(2,28)29)23(24-25)19-10-6-7-11-21(19)30-18-8-4-3-5-9-18/h3-12,16H,13-15H2,1-2H3. The van der Waals surface area contributed by atoms with Crippen molar-refractivity contribution in [3.63, 3.8) is 0 Å². The number of rotatable bonds is 5. The zero-order valence-electron chi connectivity index (χ0n) is 17.4. The molecule has 0 N–H and O–H groups in total. The van der Waals surface area contributed by atoms with E-state index >= 15 is 0 Å². The van der Waals surface area contributed by atoms with Gasteiger partial charge in [-0.05, 0) is 36.3 Å². The van der Waals surface area contributed by atoms with Crippen molar-refractivity contribution in [1.82, 2.24) is 14.1 Å². The molecule has 0 fully saturated rings. The lowest BCUT2D eigenvalue weighted by atomic mass is 9.95. The number of sulfonamides is 1. The third-order valence-electron chi connectivity index (χ3n) is 5.19. The maximum absolute atomic E-state index is 12.4. The van der Waals surface area contributed by atoms with Crippen molar-refractivity contribution in [3.8, 4) is 22.8 Å². The Balaban J connectivity index is 1.80. The van der Waals surface area contributed by atoms with Gasteiger partial charge in [0.15, 0.2) is 0 Å². The third kappa shape index (κ3) is 4.60. The first-order valence-corrected chi connectivity index (χ1v) is 11.7. The number of aromatic nitrogens is 2. The molecule has 0 radical (unpaired) electrons. The number of hydrogen-bond acceptors (Lipinski definition) is 5. The van der Waals surface area contributed by atoms with E-state index in [4.69, 9.17) is 4.74 Å². The van der Waals surface area contributed by atoms with Crippen LogP contribution in [0.15, 0.2) is 71.5 Å². The second kappa shape index (κ2) is 8.49. The quantitative estimate of drug-likeness (QED) is 0.612. The van der Waals surface area contributed by atoms with Gasteiger partial charge in [0.1, 0.15) is 17.2 Å². The zero-order chi connectivity index (χ0) is 22.0. The van der Waals surface area contributed by atoms with Crippen LogP contribution in [0.2, 0.25) is 0 Å². The Morgan fingerprint density at radius 1 is 1.00 bits per heavy atom. The molecule has 0 saturated heterocycles. The summed E-state index contributed by atoms with van der Waals surface area (Å²) >= 11 is 0. The molecule has 0 saturated carbocycles. The smallest absolute Gasteiger partial charge is 0.267 e. The summed E-state index contributed by atoms with van der Waals surface area (Å²) in [6.45, 7) is 0.631. The largest absolute Gasteiger partial charge is 0.457 e. The highest BCUT2D eigenvalue weighted by atomic mass is 32.2. The Morgan fingerprint density at radius 3 is 2.39 bits per heavy atom. The predicted octanol–water partition coefficient (Wildman–Crippen LogP) is 3.29. The van der Waals surface area contributed by atoms with Crippen molar-refractivity contribution in [2.45, 2.75) is 6.42 Å². The van der Waals surface area contributed by atoms with E-state index in [1.54, 1.807) is 13.1 Å². The fraction of sp³-hybridized carbons (Fsp3) is 0.217. The van der Waals surface area contributed by atoms with Crippen LogP contribution in [0.3, 0.4) is 0 Å². The minimum atomic E-state index is -3.26. The first kappa shape index (κ1) is 21.0. The molecule has 2 aromatic carbocycles. The highest BCUT2D eigenvalue weighted by Gasteiger charge is 2.23. The van der Waals surface area contributed by atoms with E-state index in [0.717, 1.165) is 11.1 Å². The van der Waals surface area contributed by atoms with E-state index in [9.17, 15) is 13.2 Å².